The molecule has 13 nitrogen and oxygen atoms in total. The molecule has 0 aliphatic heterocycles. The van der Waals surface area contributed by atoms with Crippen molar-refractivity contribution >= 4 is 17.9 Å². The smallest absolute Gasteiger partial charge is 0.328 e. The Morgan fingerprint density at radius 2 is 2.00 bits per heavy atom. The number of nitrogens with one attached hydrogen (secondary N) is 2. The Morgan fingerprint density at radius 1 is 1.35 bits per heavy atom. The largest absolute Gasteiger partial charge is 0.480 e. The molecule has 1 unspecified atom stereocenters. The summed E-state index contributed by atoms with van der Waals surface area (Å²) in [5.74, 6) is -2.29. The van der Waals surface area contributed by atoms with Crippen LogP contribution >= 0.6 is 0 Å². The lowest BCUT2D eigenvalue weighted by molar-refractivity contribution is -0.142. The number of methoxy groups -OCH3 is 1. The number of aliphatic carboxylic acids is 1. The second kappa shape index (κ2) is 9.65. The summed E-state index contributed by atoms with van der Waals surface area (Å²) in [6, 6.07) is -4.28. The van der Waals surface area contributed by atoms with E-state index in [0.717, 1.165) is 0 Å². The summed E-state index contributed by atoms with van der Waals surface area (Å²) in [4.78, 5) is 38.4. The number of aliphatic hydroxyl groups excluding tert-OH is 1. The van der Waals surface area contributed by atoms with Crippen LogP contribution in [0.3, 0.4) is 0 Å². The number of aromatic nitrogens is 2. The number of aliphatic hydroxyl groups is 1. The molecule has 0 saturated carbocycles. The van der Waals surface area contributed by atoms with Gasteiger partial charge in [-0.3, -0.25) is 4.79 Å². The molecule has 0 bridgehead atoms. The molecule has 1 aromatic heterocycles. The van der Waals surface area contributed by atoms with Gasteiger partial charge >= 0.3 is 12.0 Å². The van der Waals surface area contributed by atoms with Crippen LogP contribution in [-0.2, 0) is 14.3 Å². The average Bonchev–Trinajstić information content (AvgIpc) is 3.07. The van der Waals surface area contributed by atoms with E-state index < -0.39 is 48.7 Å². The van der Waals surface area contributed by atoms with Crippen molar-refractivity contribution in [2.75, 3.05) is 13.7 Å². The van der Waals surface area contributed by atoms with Crippen LogP contribution in [0, 0.1) is 0 Å². The highest BCUT2D eigenvalue weighted by atomic mass is 16.5. The monoisotopic (exact) mass is 374 g/mol. The lowest BCUT2D eigenvalue weighted by atomic mass is 10.2. The van der Waals surface area contributed by atoms with E-state index in [1.807, 2.05) is 0 Å². The number of hydrogen-bond acceptors (Lipinski definition) is 9. The Hall–Kier alpha value is -2.77. The maximum atomic E-state index is 12.1. The summed E-state index contributed by atoms with van der Waals surface area (Å²) in [6.45, 7) is 1.02. The van der Waals surface area contributed by atoms with E-state index in [9.17, 15) is 14.4 Å². The quantitative estimate of drug-likeness (QED) is 0.259. The molecule has 0 aromatic carbocycles. The molecular weight excluding hydrogens is 352 g/mol. The van der Waals surface area contributed by atoms with Crippen molar-refractivity contribution in [2.24, 2.45) is 11.5 Å². The summed E-state index contributed by atoms with van der Waals surface area (Å²) < 4.78 is 9.82. The minimum absolute atomic E-state index is 0.0319. The predicted octanol–water partition coefficient (Wildman–Crippen LogP) is -2.23. The Kier molecular flexibility index (Phi) is 7.89. The molecule has 146 valence electrons. The molecule has 1 aromatic rings. The van der Waals surface area contributed by atoms with E-state index in [2.05, 4.69) is 20.8 Å². The Morgan fingerprint density at radius 3 is 2.50 bits per heavy atom. The van der Waals surface area contributed by atoms with E-state index in [-0.39, 0.29) is 18.1 Å². The van der Waals surface area contributed by atoms with Crippen molar-refractivity contribution in [1.29, 1.82) is 0 Å². The van der Waals surface area contributed by atoms with Gasteiger partial charge in [-0.25, -0.2) is 9.59 Å². The molecule has 0 aliphatic carbocycles. The lowest BCUT2D eigenvalue weighted by Gasteiger charge is -2.21. The van der Waals surface area contributed by atoms with Gasteiger partial charge in [0.15, 0.2) is 11.9 Å². The van der Waals surface area contributed by atoms with Gasteiger partial charge in [0.1, 0.15) is 6.04 Å². The number of urea groups is 1. The number of carbonyl (C=O) groups excluding carboxylic acids is 2. The molecule has 3 amide bonds. The highest BCUT2D eigenvalue weighted by Gasteiger charge is 2.29. The highest BCUT2D eigenvalue weighted by Crippen LogP contribution is 2.16. The van der Waals surface area contributed by atoms with Crippen LogP contribution in [0.5, 0.6) is 0 Å². The lowest BCUT2D eigenvalue weighted by Crippen LogP contribution is -2.52. The van der Waals surface area contributed by atoms with Gasteiger partial charge in [0, 0.05) is 7.11 Å². The number of carbonyl (C=O) groups is 3. The summed E-state index contributed by atoms with van der Waals surface area (Å²) in [7, 11) is 1.29. The Labute approximate surface area is 148 Å². The van der Waals surface area contributed by atoms with Crippen LogP contribution in [0.25, 0.3) is 0 Å². The minimum atomic E-state index is -1.34. The van der Waals surface area contributed by atoms with E-state index in [1.165, 1.54) is 14.0 Å². The number of ether oxygens (including phenoxy) is 1. The fourth-order valence-electron chi connectivity index (χ4n) is 1.88. The van der Waals surface area contributed by atoms with Crippen LogP contribution in [0.4, 0.5) is 4.79 Å². The third-order valence-corrected chi connectivity index (χ3v) is 3.39. The maximum absolute atomic E-state index is 12.1. The van der Waals surface area contributed by atoms with Gasteiger partial charge in [0.2, 0.25) is 11.8 Å². The number of carboxylic acid groups (broad SMARTS) is 1. The van der Waals surface area contributed by atoms with Crippen LogP contribution in [0.1, 0.15) is 37.1 Å². The molecule has 0 fully saturated rings. The number of amides is 3. The third-order valence-electron chi connectivity index (χ3n) is 3.39. The van der Waals surface area contributed by atoms with Crippen LogP contribution in [0.2, 0.25) is 0 Å². The van der Waals surface area contributed by atoms with E-state index in [4.69, 9.17) is 30.9 Å². The first kappa shape index (κ1) is 21.3. The highest BCUT2D eigenvalue weighted by molar-refractivity contribution is 5.83. The van der Waals surface area contributed by atoms with Crippen molar-refractivity contribution in [3.05, 3.63) is 11.7 Å². The van der Waals surface area contributed by atoms with Crippen molar-refractivity contribution in [3.63, 3.8) is 0 Å². The molecule has 4 atom stereocenters. The predicted molar refractivity (Wildman–Crippen MR) is 84.4 cm³/mol. The minimum Gasteiger partial charge on any atom is -0.480 e. The zero-order valence-electron chi connectivity index (χ0n) is 14.2. The van der Waals surface area contributed by atoms with Gasteiger partial charge in [-0.15, -0.1) is 0 Å². The molecule has 1 heterocycles. The summed E-state index contributed by atoms with van der Waals surface area (Å²) in [5, 5.41) is 26.2. The molecule has 0 radical (unpaired) electrons. The second-order valence-electron chi connectivity index (χ2n) is 5.38. The number of rotatable bonds is 10. The first-order chi connectivity index (χ1) is 12.2. The van der Waals surface area contributed by atoms with Crippen LogP contribution < -0.4 is 22.1 Å². The van der Waals surface area contributed by atoms with Crippen LogP contribution in [-0.4, -0.2) is 64.1 Å². The topological polar surface area (TPSA) is 216 Å². The average molecular weight is 374 g/mol. The maximum Gasteiger partial charge on any atom is 0.328 e. The van der Waals surface area contributed by atoms with E-state index in [0.29, 0.717) is 0 Å². The van der Waals surface area contributed by atoms with E-state index >= 15 is 0 Å². The van der Waals surface area contributed by atoms with Gasteiger partial charge in [-0.2, -0.15) is 4.98 Å². The number of primary amides is 1. The molecule has 0 saturated heterocycles. The number of carboxylic acids is 1. The van der Waals surface area contributed by atoms with Crippen LogP contribution in [0.15, 0.2) is 4.52 Å². The summed E-state index contributed by atoms with van der Waals surface area (Å²) in [5.41, 5.74) is 10.7. The molecule has 0 spiro atoms. The number of nitrogens with two attached hydrogens (primary N) is 2. The van der Waals surface area contributed by atoms with Gasteiger partial charge in [-0.1, -0.05) is 5.16 Å². The standard InChI is InChI=1S/C13H22N6O7/c1-5(25-2)9(12(22)23)17-13(24)16-7(3-8(15)21)11-18-10(19-26-11)6(14)4-20/h5-7,9,20H,3-4,14H2,1-2H3,(H2,15,21)(H,22,23)(H2,16,17,24)/t5?,6-,7-,9-/m0/s1. The third kappa shape index (κ3) is 5.94. The molecule has 0 aliphatic rings. The second-order valence-corrected chi connectivity index (χ2v) is 5.38. The SMILES string of the molecule is COC(C)[C@H](NC(=O)N[C@@H](CC(N)=O)c1nc([C@@H](N)CO)no1)C(=O)O. The molecule has 26 heavy (non-hydrogen) atoms. The fourth-order valence-corrected chi connectivity index (χ4v) is 1.88. The Bertz CT molecular complexity index is 636. The summed E-state index contributed by atoms with van der Waals surface area (Å²) >= 11 is 0. The van der Waals surface area contributed by atoms with Crippen molar-refractivity contribution in [2.45, 2.75) is 37.6 Å². The van der Waals surface area contributed by atoms with Crippen molar-refractivity contribution in [3.8, 4) is 0 Å². The van der Waals surface area contributed by atoms with Gasteiger partial charge in [0.05, 0.1) is 25.2 Å². The number of hydrogen-bond donors (Lipinski definition) is 6. The van der Waals surface area contributed by atoms with Crippen molar-refractivity contribution < 1.29 is 33.9 Å². The van der Waals surface area contributed by atoms with Crippen molar-refractivity contribution in [1.82, 2.24) is 20.8 Å². The Balaban J connectivity index is 2.90. The molecule has 1 rings (SSSR count). The molecular formula is C13H22N6O7. The zero-order valence-corrected chi connectivity index (χ0v) is 14.2. The van der Waals surface area contributed by atoms with Gasteiger partial charge in [0.25, 0.3) is 0 Å². The normalized spacial score (nSPS) is 15.5. The molecule has 13 heteroatoms. The first-order valence-corrected chi connectivity index (χ1v) is 7.50. The first-order valence-electron chi connectivity index (χ1n) is 7.50. The molecule has 8 N–H and O–H groups in total. The van der Waals surface area contributed by atoms with E-state index in [1.54, 1.807) is 0 Å². The zero-order chi connectivity index (χ0) is 19.9. The summed E-state index contributed by atoms with van der Waals surface area (Å²) in [6.07, 6.45) is -1.20. The fraction of sp³-hybridized carbons (Fsp3) is 0.615. The van der Waals surface area contributed by atoms with Gasteiger partial charge < -0.3 is 41.6 Å². The van der Waals surface area contributed by atoms with Gasteiger partial charge in [-0.05, 0) is 6.92 Å². The number of nitrogens with zero attached hydrogens (tertiary/aromatic N) is 2.